The van der Waals surface area contributed by atoms with Gasteiger partial charge in [0.1, 0.15) is 6.54 Å². The molecule has 0 spiro atoms. The van der Waals surface area contributed by atoms with Crippen molar-refractivity contribution >= 4 is 5.91 Å². The van der Waals surface area contributed by atoms with Crippen molar-refractivity contribution in [3.05, 3.63) is 51.4 Å². The average molecular weight is 397 g/mol. The molecule has 2 aliphatic rings. The molecule has 3 heterocycles. The Balaban J connectivity index is 1.45. The lowest BCUT2D eigenvalue weighted by molar-refractivity contribution is -0.135. The average Bonchev–Trinajstić information content (AvgIpc) is 3.13. The minimum Gasteiger partial charge on any atom is -0.454 e. The van der Waals surface area contributed by atoms with Gasteiger partial charge in [0.25, 0.3) is 5.56 Å². The first-order valence-corrected chi connectivity index (χ1v) is 10.0. The number of carbonyl (C=O) groups excluding carboxylic acids is 1. The molecule has 1 atom stereocenters. The van der Waals surface area contributed by atoms with Gasteiger partial charge in [0.15, 0.2) is 11.5 Å². The lowest BCUT2D eigenvalue weighted by Crippen LogP contribution is -2.47. The fourth-order valence-corrected chi connectivity index (χ4v) is 4.23. The van der Waals surface area contributed by atoms with Gasteiger partial charge >= 0.3 is 0 Å². The predicted molar refractivity (Wildman–Crippen MR) is 108 cm³/mol. The SMILES string of the molecule is Cc1cc(=O)n(CC(=O)N2CCC[C@](C)(Cc3ccc4c(c3)OCO4)C2)nc1C. The number of ether oxygens (including phenoxy) is 2. The lowest BCUT2D eigenvalue weighted by atomic mass is 9.77. The highest BCUT2D eigenvalue weighted by Gasteiger charge is 2.34. The van der Waals surface area contributed by atoms with E-state index in [4.69, 9.17) is 9.47 Å². The molecule has 4 rings (SSSR count). The maximum absolute atomic E-state index is 12.9. The van der Waals surface area contributed by atoms with E-state index >= 15 is 0 Å². The summed E-state index contributed by atoms with van der Waals surface area (Å²) in [5, 5.41) is 4.28. The molecule has 29 heavy (non-hydrogen) atoms. The van der Waals surface area contributed by atoms with Crippen LogP contribution in [-0.2, 0) is 17.8 Å². The third-order valence-corrected chi connectivity index (χ3v) is 5.92. The number of aromatic nitrogens is 2. The van der Waals surface area contributed by atoms with Crippen LogP contribution in [0.2, 0.25) is 0 Å². The van der Waals surface area contributed by atoms with E-state index in [-0.39, 0.29) is 30.2 Å². The molecule has 2 aromatic rings. The summed E-state index contributed by atoms with van der Waals surface area (Å²) in [5.41, 5.74) is 2.53. The quantitative estimate of drug-likeness (QED) is 0.792. The molecule has 154 valence electrons. The zero-order chi connectivity index (χ0) is 20.6. The number of benzene rings is 1. The molecule has 1 saturated heterocycles. The van der Waals surface area contributed by atoms with Gasteiger partial charge in [-0.05, 0) is 61.8 Å². The summed E-state index contributed by atoms with van der Waals surface area (Å²) >= 11 is 0. The molecule has 0 radical (unpaired) electrons. The Bertz CT molecular complexity index is 1000. The molecule has 1 aromatic carbocycles. The van der Waals surface area contributed by atoms with E-state index in [1.54, 1.807) is 0 Å². The zero-order valence-corrected chi connectivity index (χ0v) is 17.2. The molecule has 0 aliphatic carbocycles. The number of fused-ring (bicyclic) bond motifs is 1. The first kappa shape index (κ1) is 19.5. The van der Waals surface area contributed by atoms with Crippen molar-refractivity contribution in [3.63, 3.8) is 0 Å². The summed E-state index contributed by atoms with van der Waals surface area (Å²) in [4.78, 5) is 27.0. The highest BCUT2D eigenvalue weighted by Crippen LogP contribution is 2.37. The van der Waals surface area contributed by atoms with Crippen molar-refractivity contribution in [2.75, 3.05) is 19.9 Å². The van der Waals surface area contributed by atoms with Crippen molar-refractivity contribution < 1.29 is 14.3 Å². The smallest absolute Gasteiger partial charge is 0.267 e. The number of likely N-dealkylation sites (tertiary alicyclic amines) is 1. The summed E-state index contributed by atoms with van der Waals surface area (Å²) < 4.78 is 12.2. The topological polar surface area (TPSA) is 73.7 Å². The molecule has 7 nitrogen and oxygen atoms in total. The van der Waals surface area contributed by atoms with Crippen LogP contribution in [0.15, 0.2) is 29.1 Å². The first-order chi connectivity index (χ1) is 13.8. The van der Waals surface area contributed by atoms with Gasteiger partial charge in [0, 0.05) is 19.2 Å². The summed E-state index contributed by atoms with van der Waals surface area (Å²) in [5.74, 6) is 1.51. The van der Waals surface area contributed by atoms with Crippen LogP contribution in [0, 0.1) is 19.3 Å². The van der Waals surface area contributed by atoms with Crippen LogP contribution >= 0.6 is 0 Å². The number of aryl methyl sites for hydroxylation is 2. The van der Waals surface area contributed by atoms with E-state index in [1.807, 2.05) is 30.9 Å². The monoisotopic (exact) mass is 397 g/mol. The molecular formula is C22H27N3O4. The fourth-order valence-electron chi connectivity index (χ4n) is 4.23. The molecule has 1 fully saturated rings. The normalized spacial score (nSPS) is 20.7. The molecule has 0 unspecified atom stereocenters. The Morgan fingerprint density at radius 1 is 1.21 bits per heavy atom. The maximum atomic E-state index is 12.9. The number of nitrogens with zero attached hydrogens (tertiary/aromatic N) is 3. The van der Waals surface area contributed by atoms with Crippen LogP contribution in [0.3, 0.4) is 0 Å². The Morgan fingerprint density at radius 3 is 2.83 bits per heavy atom. The number of rotatable bonds is 4. The number of hydrogen-bond donors (Lipinski definition) is 0. The van der Waals surface area contributed by atoms with E-state index in [0.29, 0.717) is 6.54 Å². The Kier molecular flexibility index (Phi) is 5.06. The van der Waals surface area contributed by atoms with Crippen molar-refractivity contribution in [1.82, 2.24) is 14.7 Å². The molecule has 0 N–H and O–H groups in total. The first-order valence-electron chi connectivity index (χ1n) is 10.0. The molecule has 7 heteroatoms. The van der Waals surface area contributed by atoms with Gasteiger partial charge in [-0.1, -0.05) is 13.0 Å². The summed E-state index contributed by atoms with van der Waals surface area (Å²) in [6.45, 7) is 7.55. The largest absolute Gasteiger partial charge is 0.454 e. The van der Waals surface area contributed by atoms with Crippen molar-refractivity contribution in [2.45, 2.75) is 46.6 Å². The Morgan fingerprint density at radius 2 is 2.00 bits per heavy atom. The van der Waals surface area contributed by atoms with E-state index in [9.17, 15) is 9.59 Å². The van der Waals surface area contributed by atoms with Gasteiger partial charge in [0.2, 0.25) is 12.7 Å². The zero-order valence-electron chi connectivity index (χ0n) is 17.2. The minimum atomic E-state index is -0.235. The molecule has 1 aromatic heterocycles. The minimum absolute atomic E-state index is 0.0138. The van der Waals surface area contributed by atoms with Crippen molar-refractivity contribution in [1.29, 1.82) is 0 Å². The van der Waals surface area contributed by atoms with Gasteiger partial charge < -0.3 is 14.4 Å². The maximum Gasteiger partial charge on any atom is 0.267 e. The van der Waals surface area contributed by atoms with Crippen LogP contribution in [0.4, 0.5) is 0 Å². The van der Waals surface area contributed by atoms with Gasteiger partial charge in [-0.2, -0.15) is 5.10 Å². The number of carbonyl (C=O) groups is 1. The molecule has 2 aliphatic heterocycles. The van der Waals surface area contributed by atoms with E-state index in [1.165, 1.54) is 16.3 Å². The van der Waals surface area contributed by atoms with Crippen LogP contribution in [-0.4, -0.2) is 40.5 Å². The Labute approximate surface area is 170 Å². The number of hydrogen-bond acceptors (Lipinski definition) is 5. The molecule has 0 saturated carbocycles. The van der Waals surface area contributed by atoms with Gasteiger partial charge in [0.05, 0.1) is 5.69 Å². The van der Waals surface area contributed by atoms with Crippen LogP contribution in [0.25, 0.3) is 0 Å². The van der Waals surface area contributed by atoms with E-state index in [0.717, 1.165) is 48.6 Å². The third kappa shape index (κ3) is 4.13. The lowest BCUT2D eigenvalue weighted by Gasteiger charge is -2.40. The highest BCUT2D eigenvalue weighted by atomic mass is 16.7. The van der Waals surface area contributed by atoms with E-state index < -0.39 is 0 Å². The number of piperidine rings is 1. The molecule has 1 amide bonds. The standard InChI is InChI=1S/C22H27N3O4/c1-15-9-20(26)25(23-16(15)2)12-21(27)24-8-4-7-22(3,13-24)11-17-5-6-18-19(10-17)29-14-28-18/h5-6,9-10H,4,7-8,11-14H2,1-3H3/t22-/m1/s1. The van der Waals surface area contributed by atoms with Crippen LogP contribution < -0.4 is 15.0 Å². The summed E-state index contributed by atoms with van der Waals surface area (Å²) in [6.07, 6.45) is 2.85. The molecular weight excluding hydrogens is 370 g/mol. The highest BCUT2D eigenvalue weighted by molar-refractivity contribution is 5.76. The van der Waals surface area contributed by atoms with Crippen molar-refractivity contribution in [2.24, 2.45) is 5.41 Å². The van der Waals surface area contributed by atoms with Crippen LogP contribution in [0.5, 0.6) is 11.5 Å². The second-order valence-electron chi connectivity index (χ2n) is 8.50. The number of amides is 1. The second-order valence-corrected chi connectivity index (χ2v) is 8.50. The van der Waals surface area contributed by atoms with E-state index in [2.05, 4.69) is 18.1 Å². The predicted octanol–water partition coefficient (Wildman–Crippen LogP) is 2.46. The van der Waals surface area contributed by atoms with Crippen molar-refractivity contribution in [3.8, 4) is 11.5 Å². The fraction of sp³-hybridized carbons (Fsp3) is 0.500. The van der Waals surface area contributed by atoms with Gasteiger partial charge in [-0.15, -0.1) is 0 Å². The van der Waals surface area contributed by atoms with Gasteiger partial charge in [-0.3, -0.25) is 9.59 Å². The summed E-state index contributed by atoms with van der Waals surface area (Å²) in [7, 11) is 0. The molecule has 0 bridgehead atoms. The second kappa shape index (κ2) is 7.54. The van der Waals surface area contributed by atoms with Crippen LogP contribution in [0.1, 0.15) is 36.6 Å². The van der Waals surface area contributed by atoms with Gasteiger partial charge in [-0.25, -0.2) is 4.68 Å². The summed E-state index contributed by atoms with van der Waals surface area (Å²) in [6, 6.07) is 7.59. The Hall–Kier alpha value is -2.83. The third-order valence-electron chi connectivity index (χ3n) is 5.92.